The summed E-state index contributed by atoms with van der Waals surface area (Å²) in [5.74, 6) is 0.636. The van der Waals surface area contributed by atoms with Crippen LogP contribution in [0.5, 0.6) is 0 Å². The predicted molar refractivity (Wildman–Crippen MR) is 80.9 cm³/mol. The molecule has 1 unspecified atom stereocenters. The van der Waals surface area contributed by atoms with Gasteiger partial charge in [0, 0.05) is 52.1 Å². The Kier molecular flexibility index (Phi) is 10.2. The second-order valence-electron chi connectivity index (χ2n) is 5.18. The summed E-state index contributed by atoms with van der Waals surface area (Å²) in [6.45, 7) is 11.4. The summed E-state index contributed by atoms with van der Waals surface area (Å²) in [6.07, 6.45) is 2.23. The van der Waals surface area contributed by atoms with Crippen molar-refractivity contribution < 1.29 is 14.2 Å². The molecule has 20 heavy (non-hydrogen) atoms. The largest absolute Gasteiger partial charge is 0.381 e. The average molecular weight is 288 g/mol. The average Bonchev–Trinajstić information content (AvgIpc) is 2.49. The molecule has 1 saturated heterocycles. The molecule has 1 heterocycles. The van der Waals surface area contributed by atoms with Crippen LogP contribution in [0.2, 0.25) is 0 Å². The van der Waals surface area contributed by atoms with Crippen LogP contribution in [-0.2, 0) is 14.2 Å². The summed E-state index contributed by atoms with van der Waals surface area (Å²) in [7, 11) is 0. The molecule has 1 atom stereocenters. The summed E-state index contributed by atoms with van der Waals surface area (Å²) >= 11 is 0. The fourth-order valence-corrected chi connectivity index (χ4v) is 2.84. The summed E-state index contributed by atoms with van der Waals surface area (Å²) in [5.41, 5.74) is 6.05. The second kappa shape index (κ2) is 11.5. The maximum atomic E-state index is 6.05. The van der Waals surface area contributed by atoms with Crippen molar-refractivity contribution >= 4 is 0 Å². The fourth-order valence-electron chi connectivity index (χ4n) is 2.84. The second-order valence-corrected chi connectivity index (χ2v) is 5.18. The van der Waals surface area contributed by atoms with Crippen LogP contribution in [-0.4, -0.2) is 70.2 Å². The third kappa shape index (κ3) is 6.50. The number of hydrogen-bond donors (Lipinski definition) is 1. The van der Waals surface area contributed by atoms with Crippen LogP contribution in [0.3, 0.4) is 0 Å². The maximum Gasteiger partial charge on any atom is 0.0593 e. The van der Waals surface area contributed by atoms with Crippen molar-refractivity contribution in [2.75, 3.05) is 59.3 Å². The van der Waals surface area contributed by atoms with Crippen molar-refractivity contribution in [2.45, 2.75) is 32.7 Å². The Morgan fingerprint density at radius 1 is 1.10 bits per heavy atom. The third-order valence-corrected chi connectivity index (χ3v) is 3.97. The van der Waals surface area contributed by atoms with E-state index in [4.69, 9.17) is 19.9 Å². The zero-order valence-corrected chi connectivity index (χ0v) is 13.2. The summed E-state index contributed by atoms with van der Waals surface area (Å²) in [5, 5.41) is 0. The minimum atomic E-state index is 0.416. The van der Waals surface area contributed by atoms with Crippen LogP contribution in [0.15, 0.2) is 0 Å². The zero-order chi connectivity index (χ0) is 14.6. The topological polar surface area (TPSA) is 57.0 Å². The number of rotatable bonds is 11. The molecule has 1 rings (SSSR count). The van der Waals surface area contributed by atoms with Gasteiger partial charge in [0.25, 0.3) is 0 Å². The SMILES string of the molecule is CCOCCN(CCOCC)C(CN)C1CCOCC1. The van der Waals surface area contributed by atoms with E-state index in [1.54, 1.807) is 0 Å². The van der Waals surface area contributed by atoms with Crippen molar-refractivity contribution in [2.24, 2.45) is 11.7 Å². The van der Waals surface area contributed by atoms with Gasteiger partial charge in [-0.1, -0.05) is 0 Å². The maximum absolute atomic E-state index is 6.05. The third-order valence-electron chi connectivity index (χ3n) is 3.97. The zero-order valence-electron chi connectivity index (χ0n) is 13.2. The molecule has 1 fully saturated rings. The van der Waals surface area contributed by atoms with Crippen LogP contribution >= 0.6 is 0 Å². The highest BCUT2D eigenvalue weighted by Gasteiger charge is 2.27. The van der Waals surface area contributed by atoms with Gasteiger partial charge in [-0.3, -0.25) is 4.90 Å². The van der Waals surface area contributed by atoms with Gasteiger partial charge in [0.1, 0.15) is 0 Å². The molecule has 5 nitrogen and oxygen atoms in total. The molecule has 0 aromatic rings. The van der Waals surface area contributed by atoms with E-state index in [-0.39, 0.29) is 0 Å². The Morgan fingerprint density at radius 2 is 1.65 bits per heavy atom. The normalized spacial score (nSPS) is 18.6. The molecule has 0 aliphatic carbocycles. The highest BCUT2D eigenvalue weighted by Crippen LogP contribution is 2.22. The monoisotopic (exact) mass is 288 g/mol. The van der Waals surface area contributed by atoms with Crippen molar-refractivity contribution in [3.8, 4) is 0 Å². The van der Waals surface area contributed by atoms with Gasteiger partial charge >= 0.3 is 0 Å². The number of ether oxygens (including phenoxy) is 3. The van der Waals surface area contributed by atoms with E-state index in [1.165, 1.54) is 0 Å². The molecule has 0 radical (unpaired) electrons. The molecule has 0 saturated carbocycles. The van der Waals surface area contributed by atoms with Crippen LogP contribution < -0.4 is 5.73 Å². The molecule has 1 aliphatic rings. The van der Waals surface area contributed by atoms with Gasteiger partial charge in [0.15, 0.2) is 0 Å². The first kappa shape index (κ1) is 17.9. The van der Waals surface area contributed by atoms with Gasteiger partial charge in [0.05, 0.1) is 13.2 Å². The van der Waals surface area contributed by atoms with Crippen molar-refractivity contribution in [3.05, 3.63) is 0 Å². The number of nitrogens with two attached hydrogens (primary N) is 1. The van der Waals surface area contributed by atoms with Gasteiger partial charge < -0.3 is 19.9 Å². The van der Waals surface area contributed by atoms with E-state index in [2.05, 4.69) is 4.90 Å². The van der Waals surface area contributed by atoms with E-state index < -0.39 is 0 Å². The molecule has 120 valence electrons. The highest BCUT2D eigenvalue weighted by atomic mass is 16.5. The number of hydrogen-bond acceptors (Lipinski definition) is 5. The Balaban J connectivity index is 2.50. The smallest absolute Gasteiger partial charge is 0.0593 e. The van der Waals surface area contributed by atoms with E-state index >= 15 is 0 Å². The molecule has 5 heteroatoms. The fraction of sp³-hybridized carbons (Fsp3) is 1.00. The van der Waals surface area contributed by atoms with Gasteiger partial charge in [-0.2, -0.15) is 0 Å². The van der Waals surface area contributed by atoms with E-state index in [9.17, 15) is 0 Å². The van der Waals surface area contributed by atoms with Crippen LogP contribution in [0, 0.1) is 5.92 Å². The Bertz CT molecular complexity index is 213. The van der Waals surface area contributed by atoms with E-state index in [0.717, 1.165) is 65.6 Å². The highest BCUT2D eigenvalue weighted by molar-refractivity contribution is 4.82. The molecule has 2 N–H and O–H groups in total. The lowest BCUT2D eigenvalue weighted by molar-refractivity contribution is 0.00764. The van der Waals surface area contributed by atoms with Crippen LogP contribution in [0.4, 0.5) is 0 Å². The lowest BCUT2D eigenvalue weighted by Gasteiger charge is -2.38. The molecular formula is C15H32N2O3. The molecule has 0 bridgehead atoms. The summed E-state index contributed by atoms with van der Waals surface area (Å²) < 4.78 is 16.5. The van der Waals surface area contributed by atoms with Crippen molar-refractivity contribution in [1.82, 2.24) is 4.90 Å². The molecular weight excluding hydrogens is 256 g/mol. The Hall–Kier alpha value is -0.200. The van der Waals surface area contributed by atoms with Crippen LogP contribution in [0.1, 0.15) is 26.7 Å². The Labute approximate surface area is 123 Å². The van der Waals surface area contributed by atoms with Crippen molar-refractivity contribution in [1.29, 1.82) is 0 Å². The van der Waals surface area contributed by atoms with Gasteiger partial charge in [-0.05, 0) is 32.6 Å². The minimum Gasteiger partial charge on any atom is -0.381 e. The van der Waals surface area contributed by atoms with E-state index in [1.807, 2.05) is 13.8 Å². The summed E-state index contributed by atoms with van der Waals surface area (Å²) in [6, 6.07) is 0.416. The molecule has 0 amide bonds. The quantitative estimate of drug-likeness (QED) is 0.577. The van der Waals surface area contributed by atoms with E-state index in [0.29, 0.717) is 18.5 Å². The molecule has 0 aromatic carbocycles. The van der Waals surface area contributed by atoms with Gasteiger partial charge in [-0.25, -0.2) is 0 Å². The molecule has 0 spiro atoms. The minimum absolute atomic E-state index is 0.416. The van der Waals surface area contributed by atoms with Gasteiger partial charge in [-0.15, -0.1) is 0 Å². The van der Waals surface area contributed by atoms with Crippen LogP contribution in [0.25, 0.3) is 0 Å². The number of nitrogens with zero attached hydrogens (tertiary/aromatic N) is 1. The first-order valence-corrected chi connectivity index (χ1v) is 8.00. The Morgan fingerprint density at radius 3 is 2.10 bits per heavy atom. The molecule has 0 aromatic heterocycles. The predicted octanol–water partition coefficient (Wildman–Crippen LogP) is 1.12. The first-order valence-electron chi connectivity index (χ1n) is 8.00. The standard InChI is InChI=1S/C15H32N2O3/c1-3-18-11-7-17(8-12-19-4-2)15(13-16)14-5-9-20-10-6-14/h14-15H,3-13,16H2,1-2H3. The summed E-state index contributed by atoms with van der Waals surface area (Å²) in [4.78, 5) is 2.45. The first-order chi connectivity index (χ1) is 9.83. The van der Waals surface area contributed by atoms with Gasteiger partial charge in [0.2, 0.25) is 0 Å². The lowest BCUT2D eigenvalue weighted by Crippen LogP contribution is -2.49. The molecule has 1 aliphatic heterocycles. The lowest BCUT2D eigenvalue weighted by atomic mass is 9.90. The van der Waals surface area contributed by atoms with Crippen molar-refractivity contribution in [3.63, 3.8) is 0 Å².